The quantitative estimate of drug-likeness (QED) is 0.189. The summed E-state index contributed by atoms with van der Waals surface area (Å²) in [4.78, 5) is 29.4. The maximum Gasteiger partial charge on any atom is 0.271 e. The number of hydrazone groups is 1. The fraction of sp³-hybridized carbons (Fsp3) is 0.206. The Morgan fingerprint density at radius 3 is 2.30 bits per heavy atom. The molecule has 0 saturated carbocycles. The van der Waals surface area contributed by atoms with Gasteiger partial charge in [-0.15, -0.1) is 0 Å². The van der Waals surface area contributed by atoms with Gasteiger partial charge in [-0.05, 0) is 83.9 Å². The van der Waals surface area contributed by atoms with Crippen molar-refractivity contribution in [1.29, 1.82) is 0 Å². The largest absolute Gasteiger partial charge is 0.495 e. The molecule has 0 aromatic heterocycles. The van der Waals surface area contributed by atoms with Gasteiger partial charge >= 0.3 is 0 Å². The first-order valence-corrected chi connectivity index (χ1v) is 14.3. The van der Waals surface area contributed by atoms with Gasteiger partial charge in [-0.3, -0.25) is 14.5 Å². The number of halogens is 1. The lowest BCUT2D eigenvalue weighted by Crippen LogP contribution is -2.46. The molecule has 1 saturated heterocycles. The Labute approximate surface area is 255 Å². The number of hydrogen-bond acceptors (Lipinski definition) is 7. The van der Waals surface area contributed by atoms with Crippen molar-refractivity contribution in [3.8, 4) is 11.5 Å². The smallest absolute Gasteiger partial charge is 0.271 e. The minimum atomic E-state index is -0.376. The molecule has 1 aliphatic rings. The molecule has 1 heterocycles. The molecule has 2 amide bonds. The predicted molar refractivity (Wildman–Crippen MR) is 169 cm³/mol. The maximum atomic E-state index is 13.0. The molecule has 226 valence electrons. The second kappa shape index (κ2) is 14.8. The van der Waals surface area contributed by atoms with Gasteiger partial charge in [-0.2, -0.15) is 5.10 Å². The highest BCUT2D eigenvalue weighted by Crippen LogP contribution is 2.28. The molecule has 4 aromatic rings. The number of benzene rings is 4. The van der Waals surface area contributed by atoms with E-state index >= 15 is 0 Å². The van der Waals surface area contributed by atoms with Crippen LogP contribution in [0, 0.1) is 5.82 Å². The van der Waals surface area contributed by atoms with E-state index in [2.05, 4.69) is 31.7 Å². The van der Waals surface area contributed by atoms with Crippen LogP contribution in [0.15, 0.2) is 102 Å². The van der Waals surface area contributed by atoms with Crippen molar-refractivity contribution in [2.24, 2.45) is 5.10 Å². The third-order valence-corrected chi connectivity index (χ3v) is 7.18. The molecule has 5 rings (SSSR count). The topological polar surface area (TPSA) is 95.5 Å². The lowest BCUT2D eigenvalue weighted by Gasteiger charge is -2.36. The van der Waals surface area contributed by atoms with Crippen molar-refractivity contribution in [3.63, 3.8) is 0 Å². The summed E-state index contributed by atoms with van der Waals surface area (Å²) in [5, 5.41) is 6.69. The number of para-hydroxylation sites is 2. The molecule has 44 heavy (non-hydrogen) atoms. The van der Waals surface area contributed by atoms with E-state index in [4.69, 9.17) is 9.47 Å². The highest BCUT2D eigenvalue weighted by atomic mass is 19.1. The van der Waals surface area contributed by atoms with E-state index in [-0.39, 0.29) is 24.2 Å². The van der Waals surface area contributed by atoms with Crippen LogP contribution in [-0.4, -0.2) is 62.8 Å². The molecule has 0 radical (unpaired) electrons. The third kappa shape index (κ3) is 8.42. The van der Waals surface area contributed by atoms with E-state index in [1.54, 1.807) is 31.4 Å². The number of piperazine rings is 1. The van der Waals surface area contributed by atoms with Crippen LogP contribution in [0.2, 0.25) is 0 Å². The van der Waals surface area contributed by atoms with E-state index in [1.807, 2.05) is 42.5 Å². The number of nitrogens with one attached hydrogen (secondary N) is 2. The average Bonchev–Trinajstić information content (AvgIpc) is 3.06. The summed E-state index contributed by atoms with van der Waals surface area (Å²) in [5.74, 6) is 0.357. The van der Waals surface area contributed by atoms with Gasteiger partial charge < -0.3 is 19.7 Å². The van der Waals surface area contributed by atoms with Gasteiger partial charge in [0, 0.05) is 44.0 Å². The van der Waals surface area contributed by atoms with Crippen LogP contribution >= 0.6 is 0 Å². The first-order valence-electron chi connectivity index (χ1n) is 14.3. The van der Waals surface area contributed by atoms with Crippen LogP contribution in [-0.2, 0) is 11.3 Å². The molecule has 0 spiro atoms. The van der Waals surface area contributed by atoms with Gasteiger partial charge in [0.25, 0.3) is 11.8 Å². The predicted octanol–water partition coefficient (Wildman–Crippen LogP) is 4.94. The summed E-state index contributed by atoms with van der Waals surface area (Å²) in [7, 11) is 1.70. The first kappa shape index (κ1) is 30.2. The normalized spacial score (nSPS) is 13.5. The second-order valence-electron chi connectivity index (χ2n) is 10.2. The van der Waals surface area contributed by atoms with Crippen molar-refractivity contribution in [2.45, 2.75) is 6.54 Å². The number of ether oxygens (including phenoxy) is 2. The minimum absolute atomic E-state index is 0.194. The van der Waals surface area contributed by atoms with E-state index in [9.17, 15) is 14.0 Å². The van der Waals surface area contributed by atoms with Crippen molar-refractivity contribution < 1.29 is 23.5 Å². The molecule has 1 aliphatic heterocycles. The van der Waals surface area contributed by atoms with Crippen LogP contribution in [0.1, 0.15) is 21.5 Å². The summed E-state index contributed by atoms with van der Waals surface area (Å²) >= 11 is 0. The zero-order valence-electron chi connectivity index (χ0n) is 24.4. The Balaban J connectivity index is 1.03. The number of hydrogen-bond donors (Lipinski definition) is 2. The molecule has 1 fully saturated rings. The fourth-order valence-electron chi connectivity index (χ4n) is 4.82. The van der Waals surface area contributed by atoms with Crippen molar-refractivity contribution in [1.82, 2.24) is 10.3 Å². The van der Waals surface area contributed by atoms with Crippen LogP contribution in [0.3, 0.4) is 0 Å². The molecule has 2 N–H and O–H groups in total. The third-order valence-electron chi connectivity index (χ3n) is 7.18. The Morgan fingerprint density at radius 1 is 0.886 bits per heavy atom. The van der Waals surface area contributed by atoms with Gasteiger partial charge in [0.05, 0.1) is 19.0 Å². The van der Waals surface area contributed by atoms with E-state index in [1.165, 1.54) is 30.5 Å². The van der Waals surface area contributed by atoms with Crippen LogP contribution in [0.5, 0.6) is 11.5 Å². The standard InChI is InChI=1S/C34H34FN5O4/c1-43-32-5-3-2-4-31(32)40-20-18-39(19-21-40)23-26-6-10-27(11-7-26)34(42)38-36-22-25-8-16-30(17-9-25)44-24-33(41)37-29-14-12-28(35)13-15-29/h2-17,22H,18-21,23-24H2,1H3,(H,37,41)(H,38,42)/b36-22-. The number of amides is 2. The van der Waals surface area contributed by atoms with E-state index in [0.29, 0.717) is 17.0 Å². The molecule has 10 heteroatoms. The Hall–Kier alpha value is -5.22. The highest BCUT2D eigenvalue weighted by molar-refractivity contribution is 5.95. The number of carbonyl (C=O) groups excluding carboxylic acids is 2. The molecular formula is C34H34FN5O4. The summed E-state index contributed by atoms with van der Waals surface area (Å²) in [6, 6.07) is 28.1. The molecule has 0 aliphatic carbocycles. The number of methoxy groups -OCH3 is 1. The number of carbonyl (C=O) groups is 2. The van der Waals surface area contributed by atoms with Crippen LogP contribution in [0.25, 0.3) is 0 Å². The minimum Gasteiger partial charge on any atom is -0.495 e. The summed E-state index contributed by atoms with van der Waals surface area (Å²) < 4.78 is 24.0. The molecule has 0 unspecified atom stereocenters. The van der Waals surface area contributed by atoms with Gasteiger partial charge in [0.2, 0.25) is 0 Å². The Morgan fingerprint density at radius 2 is 1.59 bits per heavy atom. The molecule has 0 bridgehead atoms. The van der Waals surface area contributed by atoms with Crippen molar-refractivity contribution >= 4 is 29.4 Å². The Kier molecular flexibility index (Phi) is 10.2. The fourth-order valence-corrected chi connectivity index (χ4v) is 4.82. The molecule has 4 aromatic carbocycles. The molecular weight excluding hydrogens is 561 g/mol. The van der Waals surface area contributed by atoms with Gasteiger partial charge in [0.1, 0.15) is 17.3 Å². The summed E-state index contributed by atoms with van der Waals surface area (Å²) in [6.45, 7) is 4.35. The summed E-state index contributed by atoms with van der Waals surface area (Å²) in [6.07, 6.45) is 1.53. The van der Waals surface area contributed by atoms with Gasteiger partial charge in [-0.25, -0.2) is 9.82 Å². The maximum absolute atomic E-state index is 13.0. The number of nitrogens with zero attached hydrogens (tertiary/aromatic N) is 3. The number of rotatable bonds is 11. The van der Waals surface area contributed by atoms with Gasteiger partial charge in [-0.1, -0.05) is 24.3 Å². The highest BCUT2D eigenvalue weighted by Gasteiger charge is 2.19. The SMILES string of the molecule is COc1ccccc1N1CCN(Cc2ccc(C(=O)N/N=C\c3ccc(OCC(=O)Nc4ccc(F)cc4)cc3)cc2)CC1. The van der Waals surface area contributed by atoms with Gasteiger partial charge in [0.15, 0.2) is 6.61 Å². The van der Waals surface area contributed by atoms with E-state index in [0.717, 1.165) is 55.3 Å². The molecule has 9 nitrogen and oxygen atoms in total. The van der Waals surface area contributed by atoms with E-state index < -0.39 is 0 Å². The van der Waals surface area contributed by atoms with Crippen molar-refractivity contribution in [3.05, 3.63) is 120 Å². The monoisotopic (exact) mass is 595 g/mol. The zero-order chi connectivity index (χ0) is 30.7. The van der Waals surface area contributed by atoms with Crippen molar-refractivity contribution in [2.75, 3.05) is 50.1 Å². The zero-order valence-corrected chi connectivity index (χ0v) is 24.4. The van der Waals surface area contributed by atoms with Crippen LogP contribution < -0.4 is 25.1 Å². The number of anilines is 2. The molecule has 0 atom stereocenters. The lowest BCUT2D eigenvalue weighted by atomic mass is 10.1. The first-order chi connectivity index (χ1) is 21.5. The van der Waals surface area contributed by atoms with Crippen LogP contribution in [0.4, 0.5) is 15.8 Å². The average molecular weight is 596 g/mol. The Bertz CT molecular complexity index is 1570. The lowest BCUT2D eigenvalue weighted by molar-refractivity contribution is -0.118. The second-order valence-corrected chi connectivity index (χ2v) is 10.2. The summed E-state index contributed by atoms with van der Waals surface area (Å²) in [5.41, 5.74) is 6.58.